The third kappa shape index (κ3) is 2.18. The van der Waals surface area contributed by atoms with Crippen LogP contribution >= 0.6 is 0 Å². The maximum Gasteiger partial charge on any atom is 0.0988 e. The van der Waals surface area contributed by atoms with Crippen molar-refractivity contribution in [3.05, 3.63) is 60.6 Å². The monoisotopic (exact) mass is 261 g/mol. The van der Waals surface area contributed by atoms with Crippen LogP contribution in [0.3, 0.4) is 0 Å². The molecule has 0 spiro atoms. The zero-order chi connectivity index (χ0) is 13.9. The summed E-state index contributed by atoms with van der Waals surface area (Å²) in [5.41, 5.74) is 4.74. The van der Waals surface area contributed by atoms with Crippen LogP contribution in [0.5, 0.6) is 0 Å². The van der Waals surface area contributed by atoms with E-state index >= 15 is 0 Å². The van der Waals surface area contributed by atoms with Crippen LogP contribution < -0.4 is 0 Å². The zero-order valence-corrected chi connectivity index (χ0v) is 11.5. The first-order chi connectivity index (χ1) is 9.79. The number of nitrogens with zero attached hydrogens (tertiary/aromatic N) is 3. The lowest BCUT2D eigenvalue weighted by atomic mass is 10.1. The van der Waals surface area contributed by atoms with Gasteiger partial charge in [-0.2, -0.15) is 0 Å². The molecule has 0 aliphatic carbocycles. The maximum absolute atomic E-state index is 4.75. The van der Waals surface area contributed by atoms with Gasteiger partial charge in [-0.3, -0.25) is 9.97 Å². The first-order valence-electron chi connectivity index (χ1n) is 6.60. The minimum absolute atomic E-state index is 0.895. The molecule has 20 heavy (non-hydrogen) atoms. The lowest BCUT2D eigenvalue weighted by Gasteiger charge is -2.05. The predicted molar refractivity (Wildman–Crippen MR) is 83.3 cm³/mol. The van der Waals surface area contributed by atoms with E-state index in [-0.39, 0.29) is 0 Å². The lowest BCUT2D eigenvalue weighted by Crippen LogP contribution is -1.92. The highest BCUT2D eigenvalue weighted by molar-refractivity contribution is 6.02. The molecule has 0 radical (unpaired) electrons. The van der Waals surface area contributed by atoms with Crippen LogP contribution in [0.4, 0.5) is 0 Å². The van der Waals surface area contributed by atoms with Gasteiger partial charge < -0.3 is 0 Å². The Bertz CT molecular complexity index is 832. The Hall–Kier alpha value is -2.55. The van der Waals surface area contributed by atoms with Gasteiger partial charge in [0.1, 0.15) is 0 Å². The second-order valence-corrected chi connectivity index (χ2v) is 4.63. The topological polar surface area (TPSA) is 38.7 Å². The standard InChI is InChI=1S/C17H15N3/c1-3-4-6-12(2)16-11-19-15-9-8-14-13(17(15)20-16)7-5-10-18-14/h3-11H,1-2H3/b4-3-,12-6+. The van der Waals surface area contributed by atoms with Crippen molar-refractivity contribution in [2.75, 3.05) is 0 Å². The second-order valence-electron chi connectivity index (χ2n) is 4.63. The molecule has 98 valence electrons. The maximum atomic E-state index is 4.75. The molecule has 3 heteroatoms. The highest BCUT2D eigenvalue weighted by Crippen LogP contribution is 2.22. The highest BCUT2D eigenvalue weighted by Gasteiger charge is 2.05. The van der Waals surface area contributed by atoms with Gasteiger partial charge in [-0.05, 0) is 43.7 Å². The molecule has 0 saturated heterocycles. The number of aromatic nitrogens is 3. The van der Waals surface area contributed by atoms with Crippen molar-refractivity contribution in [2.24, 2.45) is 0 Å². The quantitative estimate of drug-likeness (QED) is 0.513. The van der Waals surface area contributed by atoms with E-state index in [1.54, 1.807) is 6.20 Å². The van der Waals surface area contributed by atoms with Gasteiger partial charge in [0.05, 0.1) is 28.4 Å². The van der Waals surface area contributed by atoms with Crippen LogP contribution in [0.1, 0.15) is 19.5 Å². The fourth-order valence-electron chi connectivity index (χ4n) is 2.14. The average Bonchev–Trinajstić information content (AvgIpc) is 2.52. The van der Waals surface area contributed by atoms with Gasteiger partial charge in [-0.25, -0.2) is 4.98 Å². The van der Waals surface area contributed by atoms with Gasteiger partial charge >= 0.3 is 0 Å². The van der Waals surface area contributed by atoms with Crippen LogP contribution in [-0.2, 0) is 0 Å². The van der Waals surface area contributed by atoms with Crippen LogP contribution in [0.15, 0.2) is 54.9 Å². The molecule has 2 aromatic heterocycles. The molecular weight excluding hydrogens is 246 g/mol. The molecule has 0 atom stereocenters. The van der Waals surface area contributed by atoms with Crippen molar-refractivity contribution in [3.63, 3.8) is 0 Å². The molecule has 0 aliphatic rings. The summed E-state index contributed by atoms with van der Waals surface area (Å²) in [6.45, 7) is 4.04. The Morgan fingerprint density at radius 3 is 2.80 bits per heavy atom. The number of benzene rings is 1. The van der Waals surface area contributed by atoms with E-state index < -0.39 is 0 Å². The molecule has 0 N–H and O–H groups in total. The minimum atomic E-state index is 0.895. The smallest absolute Gasteiger partial charge is 0.0988 e. The van der Waals surface area contributed by atoms with Gasteiger partial charge in [0, 0.05) is 11.6 Å². The molecule has 0 aliphatic heterocycles. The number of hydrogen-bond acceptors (Lipinski definition) is 3. The van der Waals surface area contributed by atoms with E-state index in [9.17, 15) is 0 Å². The first-order valence-corrected chi connectivity index (χ1v) is 6.60. The Morgan fingerprint density at radius 2 is 1.95 bits per heavy atom. The molecule has 2 heterocycles. The Kier molecular flexibility index (Phi) is 3.25. The van der Waals surface area contributed by atoms with Crippen molar-refractivity contribution in [2.45, 2.75) is 13.8 Å². The molecule has 3 nitrogen and oxygen atoms in total. The molecule has 0 saturated carbocycles. The molecule has 3 aromatic rings. The Balaban J connectivity index is 2.26. The van der Waals surface area contributed by atoms with E-state index in [0.29, 0.717) is 0 Å². The molecule has 0 bridgehead atoms. The van der Waals surface area contributed by atoms with Gasteiger partial charge in [-0.15, -0.1) is 0 Å². The normalized spacial score (nSPS) is 12.6. The fraction of sp³-hybridized carbons (Fsp3) is 0.118. The summed E-state index contributed by atoms with van der Waals surface area (Å²) >= 11 is 0. The summed E-state index contributed by atoms with van der Waals surface area (Å²) in [7, 11) is 0. The van der Waals surface area contributed by atoms with E-state index in [4.69, 9.17) is 4.98 Å². The number of hydrogen-bond donors (Lipinski definition) is 0. The van der Waals surface area contributed by atoms with Crippen LogP contribution in [0, 0.1) is 0 Å². The Labute approximate surface area is 117 Å². The van der Waals surface area contributed by atoms with Crippen molar-refractivity contribution in [3.8, 4) is 0 Å². The largest absolute Gasteiger partial charge is 0.256 e. The van der Waals surface area contributed by atoms with E-state index in [1.807, 2.05) is 62.5 Å². The summed E-state index contributed by atoms with van der Waals surface area (Å²) in [5.74, 6) is 0. The third-order valence-electron chi connectivity index (χ3n) is 3.24. The summed E-state index contributed by atoms with van der Waals surface area (Å²) in [5, 5.41) is 1.04. The number of rotatable bonds is 2. The summed E-state index contributed by atoms with van der Waals surface area (Å²) in [6.07, 6.45) is 9.66. The van der Waals surface area contributed by atoms with Crippen LogP contribution in [0.25, 0.3) is 27.5 Å². The summed E-state index contributed by atoms with van der Waals surface area (Å²) in [4.78, 5) is 13.6. The van der Waals surface area contributed by atoms with Gasteiger partial charge in [0.25, 0.3) is 0 Å². The number of allylic oxidation sites excluding steroid dienone is 4. The zero-order valence-electron chi connectivity index (χ0n) is 11.5. The summed E-state index contributed by atoms with van der Waals surface area (Å²) < 4.78 is 0. The SMILES string of the molecule is C/C=C\C=C(/C)c1cnc2ccc3ncccc3c2n1. The van der Waals surface area contributed by atoms with Crippen molar-refractivity contribution in [1.82, 2.24) is 15.0 Å². The van der Waals surface area contributed by atoms with E-state index in [0.717, 1.165) is 33.2 Å². The second kappa shape index (κ2) is 5.21. The number of pyridine rings is 1. The lowest BCUT2D eigenvalue weighted by molar-refractivity contribution is 1.25. The Morgan fingerprint density at radius 1 is 1.10 bits per heavy atom. The number of fused-ring (bicyclic) bond motifs is 3. The third-order valence-corrected chi connectivity index (χ3v) is 3.24. The van der Waals surface area contributed by atoms with Crippen molar-refractivity contribution in [1.29, 1.82) is 0 Å². The van der Waals surface area contributed by atoms with E-state index in [2.05, 4.69) is 9.97 Å². The van der Waals surface area contributed by atoms with Crippen molar-refractivity contribution < 1.29 is 0 Å². The molecule has 0 unspecified atom stereocenters. The van der Waals surface area contributed by atoms with Crippen LogP contribution in [0.2, 0.25) is 0 Å². The molecular formula is C17H15N3. The molecule has 1 aromatic carbocycles. The molecule has 3 rings (SSSR count). The minimum Gasteiger partial charge on any atom is -0.256 e. The highest BCUT2D eigenvalue weighted by atomic mass is 14.8. The van der Waals surface area contributed by atoms with Crippen molar-refractivity contribution >= 4 is 27.5 Å². The van der Waals surface area contributed by atoms with E-state index in [1.165, 1.54) is 0 Å². The van der Waals surface area contributed by atoms with Gasteiger partial charge in [0.2, 0.25) is 0 Å². The fourth-order valence-corrected chi connectivity index (χ4v) is 2.14. The first kappa shape index (κ1) is 12.5. The molecule has 0 fully saturated rings. The van der Waals surface area contributed by atoms with Gasteiger partial charge in [-0.1, -0.05) is 18.2 Å². The molecule has 0 amide bonds. The average molecular weight is 261 g/mol. The van der Waals surface area contributed by atoms with Crippen LogP contribution in [-0.4, -0.2) is 15.0 Å². The van der Waals surface area contributed by atoms with Gasteiger partial charge in [0.15, 0.2) is 0 Å². The summed E-state index contributed by atoms with van der Waals surface area (Å²) in [6, 6.07) is 7.91. The predicted octanol–water partition coefficient (Wildman–Crippen LogP) is 4.16.